The number of pyridine rings is 2. The Labute approximate surface area is 226 Å². The maximum absolute atomic E-state index is 10.6. The van der Waals surface area contributed by atoms with Crippen LogP contribution < -0.4 is 5.19 Å². The summed E-state index contributed by atoms with van der Waals surface area (Å²) < 4.78 is 2.04. The minimum absolute atomic E-state index is 0.0352. The lowest BCUT2D eigenvalue weighted by Crippen LogP contribution is -2.37. The van der Waals surface area contributed by atoms with E-state index in [0.29, 0.717) is 11.4 Å². The molecule has 0 fully saturated rings. The number of benzene rings is 2. The molecule has 0 bridgehead atoms. The number of fused-ring (bicyclic) bond motifs is 1. The van der Waals surface area contributed by atoms with E-state index in [0.717, 1.165) is 39.1 Å². The zero-order valence-electron chi connectivity index (χ0n) is 23.6. The molecule has 0 atom stereocenters. The van der Waals surface area contributed by atoms with Crippen molar-refractivity contribution in [2.24, 2.45) is 7.05 Å². The number of hydrogen-bond donors (Lipinski definition) is 1. The molecule has 5 rings (SSSR count). The van der Waals surface area contributed by atoms with Crippen molar-refractivity contribution in [3.05, 3.63) is 78.2 Å². The van der Waals surface area contributed by atoms with Gasteiger partial charge in [-0.2, -0.15) is 0 Å². The smallest absolute Gasteiger partial charge is 0.144 e. The van der Waals surface area contributed by atoms with Crippen molar-refractivity contribution in [3.8, 4) is 39.5 Å². The van der Waals surface area contributed by atoms with Crippen LogP contribution in [0.5, 0.6) is 5.75 Å². The van der Waals surface area contributed by atoms with Crippen molar-refractivity contribution in [2.75, 3.05) is 0 Å². The maximum Gasteiger partial charge on any atom is 0.144 e. The average molecular weight is 521 g/mol. The Kier molecular flexibility index (Phi) is 6.26. The van der Waals surface area contributed by atoms with Gasteiger partial charge in [0.1, 0.15) is 11.6 Å². The van der Waals surface area contributed by atoms with Crippen molar-refractivity contribution in [1.82, 2.24) is 19.5 Å². The normalized spacial score (nSPS) is 12.3. The molecular weight excluding hydrogens is 484 g/mol. The minimum Gasteiger partial charge on any atom is -0.506 e. The molecule has 0 spiro atoms. The highest BCUT2D eigenvalue weighted by Crippen LogP contribution is 2.37. The van der Waals surface area contributed by atoms with Crippen LogP contribution in [0.15, 0.2) is 67.0 Å². The second-order valence-electron chi connectivity index (χ2n) is 12.2. The predicted molar refractivity (Wildman–Crippen MR) is 161 cm³/mol. The molecule has 194 valence electrons. The Morgan fingerprint density at radius 3 is 2.24 bits per heavy atom. The number of aromatic hydroxyl groups is 1. The first kappa shape index (κ1) is 25.9. The third-order valence-corrected chi connectivity index (χ3v) is 9.24. The largest absolute Gasteiger partial charge is 0.506 e. The zero-order chi connectivity index (χ0) is 27.4. The Morgan fingerprint density at radius 1 is 0.842 bits per heavy atom. The van der Waals surface area contributed by atoms with Crippen LogP contribution in [0.25, 0.3) is 44.8 Å². The first-order valence-electron chi connectivity index (χ1n) is 13.1. The zero-order valence-corrected chi connectivity index (χ0v) is 24.6. The molecule has 0 aliphatic heterocycles. The number of imidazole rings is 1. The molecule has 0 aliphatic carbocycles. The molecule has 6 heteroatoms. The second-order valence-corrected chi connectivity index (χ2v) is 17.3. The Balaban J connectivity index is 1.71. The Hall–Kier alpha value is -3.77. The summed E-state index contributed by atoms with van der Waals surface area (Å²) in [6.07, 6.45) is 3.55. The Bertz CT molecular complexity index is 1650. The lowest BCUT2D eigenvalue weighted by Gasteiger charge is -2.22. The van der Waals surface area contributed by atoms with Gasteiger partial charge in [0.05, 0.1) is 36.6 Å². The van der Waals surface area contributed by atoms with E-state index >= 15 is 0 Å². The lowest BCUT2D eigenvalue weighted by atomic mass is 9.83. The van der Waals surface area contributed by atoms with Gasteiger partial charge < -0.3 is 9.67 Å². The molecule has 3 aromatic heterocycles. The van der Waals surface area contributed by atoms with E-state index in [1.807, 2.05) is 24.6 Å². The van der Waals surface area contributed by atoms with Crippen LogP contribution >= 0.6 is 0 Å². The van der Waals surface area contributed by atoms with Crippen molar-refractivity contribution in [1.29, 1.82) is 0 Å². The first-order valence-corrected chi connectivity index (χ1v) is 16.6. The molecule has 5 aromatic rings. The number of aryl methyl sites for hydroxylation is 2. The third kappa shape index (κ3) is 4.76. The van der Waals surface area contributed by atoms with Gasteiger partial charge >= 0.3 is 0 Å². The van der Waals surface area contributed by atoms with Crippen molar-refractivity contribution >= 4 is 24.3 Å². The van der Waals surface area contributed by atoms with Crippen LogP contribution in [0, 0.1) is 6.92 Å². The molecule has 0 saturated heterocycles. The summed E-state index contributed by atoms with van der Waals surface area (Å²) in [5.74, 6) is 0.840. The molecule has 38 heavy (non-hydrogen) atoms. The highest BCUT2D eigenvalue weighted by Gasteiger charge is 2.21. The minimum atomic E-state index is -1.43. The summed E-state index contributed by atoms with van der Waals surface area (Å²) in [7, 11) is 0.565. The number of aromatic nitrogens is 4. The fraction of sp³-hybridized carbons (Fsp3) is 0.281. The lowest BCUT2D eigenvalue weighted by molar-refractivity contribution is 0.473. The molecule has 1 N–H and O–H groups in total. The van der Waals surface area contributed by atoms with Gasteiger partial charge in [-0.1, -0.05) is 64.7 Å². The highest BCUT2D eigenvalue weighted by molar-refractivity contribution is 6.88. The molecule has 0 amide bonds. The molecule has 3 heterocycles. The maximum atomic E-state index is 10.6. The summed E-state index contributed by atoms with van der Waals surface area (Å²) in [5, 5.41) is 11.9. The predicted octanol–water partition coefficient (Wildman–Crippen LogP) is 7.22. The number of hydrogen-bond acceptors (Lipinski definition) is 4. The van der Waals surface area contributed by atoms with Gasteiger partial charge in [0.25, 0.3) is 0 Å². The molecule has 5 nitrogen and oxygen atoms in total. The van der Waals surface area contributed by atoms with Crippen LogP contribution in [0.2, 0.25) is 19.6 Å². The van der Waals surface area contributed by atoms with Gasteiger partial charge in [-0.3, -0.25) is 9.97 Å². The average Bonchev–Trinajstić information content (AvgIpc) is 3.20. The van der Waals surface area contributed by atoms with Crippen molar-refractivity contribution in [3.63, 3.8) is 0 Å². The number of para-hydroxylation sites is 1. The monoisotopic (exact) mass is 520 g/mol. The van der Waals surface area contributed by atoms with Crippen LogP contribution in [-0.2, 0) is 12.5 Å². The number of rotatable bonds is 4. The summed E-state index contributed by atoms with van der Waals surface area (Å²) in [5.41, 5.74) is 8.87. The highest BCUT2D eigenvalue weighted by atomic mass is 28.3. The second kappa shape index (κ2) is 9.21. The van der Waals surface area contributed by atoms with Crippen LogP contribution in [0.1, 0.15) is 32.0 Å². The summed E-state index contributed by atoms with van der Waals surface area (Å²) in [6.45, 7) is 15.7. The molecule has 0 aliphatic rings. The van der Waals surface area contributed by atoms with Crippen molar-refractivity contribution < 1.29 is 5.11 Å². The van der Waals surface area contributed by atoms with Gasteiger partial charge in [0, 0.05) is 30.1 Å². The quantitative estimate of drug-likeness (QED) is 0.254. The standard InChI is InChI=1S/C32H36N4OSi/c1-20-14-26(29(37)19-33-20)31-35-30-25(10-9-11-28(30)36(31)5)21-15-22(17-23(16-21)32(2,3)4)27-13-12-24(18-34-27)38(6,7)8/h9-19,37H,1-8H3. The molecular formula is C32H36N4OSi. The third-order valence-electron chi connectivity index (χ3n) is 7.21. The van der Waals surface area contributed by atoms with Gasteiger partial charge in [0.2, 0.25) is 0 Å². The number of nitrogens with zero attached hydrogens (tertiary/aromatic N) is 4. The van der Waals surface area contributed by atoms with Gasteiger partial charge in [-0.15, -0.1) is 0 Å². The van der Waals surface area contributed by atoms with Crippen molar-refractivity contribution in [2.45, 2.75) is 52.8 Å². The van der Waals surface area contributed by atoms with Crippen LogP contribution in [0.4, 0.5) is 0 Å². The topological polar surface area (TPSA) is 63.8 Å². The molecule has 0 unspecified atom stereocenters. The van der Waals surface area contributed by atoms with E-state index in [2.05, 4.69) is 100 Å². The molecule has 2 aromatic carbocycles. The summed E-state index contributed by atoms with van der Waals surface area (Å²) in [6, 6.07) is 19.3. The van der Waals surface area contributed by atoms with Crippen LogP contribution in [0.3, 0.4) is 0 Å². The SMILES string of the molecule is Cc1cc(-c2nc3c(-c4cc(-c5ccc([Si](C)(C)C)cn5)cc(C(C)(C)C)c4)cccc3n2C)c(O)cn1. The molecule has 0 saturated carbocycles. The fourth-order valence-electron chi connectivity index (χ4n) is 4.79. The van der Waals surface area contributed by atoms with E-state index in [1.165, 1.54) is 16.9 Å². The van der Waals surface area contributed by atoms with Gasteiger partial charge in [-0.25, -0.2) is 4.98 Å². The van der Waals surface area contributed by atoms with E-state index in [4.69, 9.17) is 9.97 Å². The van der Waals surface area contributed by atoms with Crippen LogP contribution in [-0.4, -0.2) is 32.7 Å². The van der Waals surface area contributed by atoms with Gasteiger partial charge in [0.15, 0.2) is 0 Å². The van der Waals surface area contributed by atoms with E-state index < -0.39 is 8.07 Å². The summed E-state index contributed by atoms with van der Waals surface area (Å²) >= 11 is 0. The van der Waals surface area contributed by atoms with E-state index in [9.17, 15) is 5.11 Å². The van der Waals surface area contributed by atoms with E-state index in [1.54, 1.807) is 0 Å². The summed E-state index contributed by atoms with van der Waals surface area (Å²) in [4.78, 5) is 14.2. The van der Waals surface area contributed by atoms with E-state index in [-0.39, 0.29) is 11.2 Å². The first-order chi connectivity index (χ1) is 17.8. The molecule has 0 radical (unpaired) electrons. The fourth-order valence-corrected chi connectivity index (χ4v) is 5.83. The Morgan fingerprint density at radius 2 is 1.58 bits per heavy atom. The van der Waals surface area contributed by atoms with Gasteiger partial charge in [-0.05, 0) is 59.0 Å².